The minimum Gasteiger partial charge on any atom is -0.309 e. The molecule has 242 valence electrons. The van der Waals surface area contributed by atoms with Crippen LogP contribution in [0.3, 0.4) is 0 Å². The van der Waals surface area contributed by atoms with Crippen molar-refractivity contribution in [1.29, 1.82) is 0 Å². The van der Waals surface area contributed by atoms with E-state index in [1.807, 2.05) is 30.3 Å². The first kappa shape index (κ1) is 29.7. The van der Waals surface area contributed by atoms with Gasteiger partial charge in [0.15, 0.2) is 5.69 Å². The van der Waals surface area contributed by atoms with E-state index in [4.69, 9.17) is 11.6 Å². The highest BCUT2D eigenvalue weighted by Crippen LogP contribution is 2.43. The van der Waals surface area contributed by atoms with Gasteiger partial charge in [-0.2, -0.15) is 0 Å². The zero-order valence-electron chi connectivity index (χ0n) is 28.1. The summed E-state index contributed by atoms with van der Waals surface area (Å²) < 4.78 is 4.77. The predicted molar refractivity (Wildman–Crippen MR) is 215 cm³/mol. The van der Waals surface area contributed by atoms with E-state index in [-0.39, 0.29) is 0 Å². The molecule has 0 N–H and O–H groups in total. The van der Waals surface area contributed by atoms with Crippen LogP contribution in [0.25, 0.3) is 93.5 Å². The molecule has 0 bridgehead atoms. The number of aromatic nitrogens is 3. The van der Waals surface area contributed by atoms with Crippen molar-refractivity contribution in [3.8, 4) is 45.0 Å². The maximum absolute atomic E-state index is 7.50. The fourth-order valence-electron chi connectivity index (χ4n) is 7.82. The highest BCUT2D eigenvalue weighted by atomic mass is 15.0. The molecule has 0 fully saturated rings. The van der Waals surface area contributed by atoms with Gasteiger partial charge in [-0.3, -0.25) is 0 Å². The second kappa shape index (κ2) is 12.0. The van der Waals surface area contributed by atoms with Gasteiger partial charge in [-0.05, 0) is 59.7 Å². The Hall–Kier alpha value is -7.22. The van der Waals surface area contributed by atoms with Gasteiger partial charge in [0.25, 0.3) is 0 Å². The summed E-state index contributed by atoms with van der Waals surface area (Å²) in [4.78, 5) is 9.00. The smallest absolute Gasteiger partial charge is 0.187 e. The monoisotopic (exact) mass is 662 g/mol. The molecule has 0 atom stereocenters. The molecule has 0 radical (unpaired) electrons. The average molecular weight is 663 g/mol. The van der Waals surface area contributed by atoms with Crippen LogP contribution in [0.4, 0.5) is 5.69 Å². The van der Waals surface area contributed by atoms with E-state index in [0.717, 1.165) is 67.1 Å². The van der Waals surface area contributed by atoms with Gasteiger partial charge in [0, 0.05) is 38.4 Å². The first-order chi connectivity index (χ1) is 25.8. The molecule has 0 aliphatic heterocycles. The van der Waals surface area contributed by atoms with Crippen molar-refractivity contribution >= 4 is 49.3 Å². The minimum atomic E-state index is 0.629. The van der Waals surface area contributed by atoms with Crippen LogP contribution in [-0.4, -0.2) is 14.1 Å². The second-order valence-corrected chi connectivity index (χ2v) is 13.1. The Balaban J connectivity index is 1.31. The van der Waals surface area contributed by atoms with Gasteiger partial charge in [-0.15, -0.1) is 0 Å². The van der Waals surface area contributed by atoms with E-state index >= 15 is 0 Å². The van der Waals surface area contributed by atoms with Crippen molar-refractivity contribution < 1.29 is 0 Å². The normalized spacial score (nSPS) is 11.4. The molecule has 0 amide bonds. The van der Waals surface area contributed by atoms with Crippen LogP contribution < -0.4 is 0 Å². The Morgan fingerprint density at radius 3 is 1.81 bits per heavy atom. The predicted octanol–water partition coefficient (Wildman–Crippen LogP) is 12.8. The number of hydrogen-bond acceptors (Lipinski definition) is 1. The molecular formula is C48H30N4. The molecule has 0 spiro atoms. The van der Waals surface area contributed by atoms with Crippen molar-refractivity contribution in [3.05, 3.63) is 193 Å². The van der Waals surface area contributed by atoms with Crippen molar-refractivity contribution in [2.75, 3.05) is 0 Å². The number of hydrogen-bond donors (Lipinski definition) is 0. The van der Waals surface area contributed by atoms with Gasteiger partial charge in [0.1, 0.15) is 0 Å². The maximum Gasteiger partial charge on any atom is 0.187 e. The molecule has 0 saturated carbocycles. The van der Waals surface area contributed by atoms with Gasteiger partial charge in [-0.1, -0.05) is 133 Å². The van der Waals surface area contributed by atoms with Gasteiger partial charge in [0.2, 0.25) is 0 Å². The van der Waals surface area contributed by atoms with Crippen LogP contribution in [0.1, 0.15) is 0 Å². The Labute approximate surface area is 300 Å². The number of rotatable bonds is 5. The van der Waals surface area contributed by atoms with Crippen LogP contribution >= 0.6 is 0 Å². The number of pyridine rings is 1. The molecule has 4 nitrogen and oxygen atoms in total. The summed E-state index contributed by atoms with van der Waals surface area (Å²) in [6.45, 7) is 7.50. The lowest BCUT2D eigenvalue weighted by Gasteiger charge is -2.16. The van der Waals surface area contributed by atoms with Crippen molar-refractivity contribution in [3.63, 3.8) is 0 Å². The molecule has 10 aromatic rings. The summed E-state index contributed by atoms with van der Waals surface area (Å²) in [5, 5.41) is 4.75. The van der Waals surface area contributed by atoms with Gasteiger partial charge in [-0.25, -0.2) is 9.83 Å². The summed E-state index contributed by atoms with van der Waals surface area (Å²) in [5.74, 6) is 0. The fourth-order valence-corrected chi connectivity index (χ4v) is 7.82. The third-order valence-corrected chi connectivity index (χ3v) is 10.1. The summed E-state index contributed by atoms with van der Waals surface area (Å²) >= 11 is 0. The topological polar surface area (TPSA) is 27.1 Å². The molecule has 4 heteroatoms. The quantitative estimate of drug-likeness (QED) is 0.169. The SMILES string of the molecule is [C-]#[N+]c1ccc(-n2c3ccccc3c3c2ccc2c4ccccc4n(-c4ccccc4-c4cc(-c5ccccc5)cc(-c5ccccc5)n4)c23)cc1. The Bertz CT molecular complexity index is 2940. The summed E-state index contributed by atoms with van der Waals surface area (Å²) in [6.07, 6.45) is 0. The van der Waals surface area contributed by atoms with E-state index in [2.05, 4.69) is 166 Å². The van der Waals surface area contributed by atoms with Crippen LogP contribution in [0.5, 0.6) is 0 Å². The molecule has 0 unspecified atom stereocenters. The zero-order chi connectivity index (χ0) is 34.6. The van der Waals surface area contributed by atoms with Crippen molar-refractivity contribution in [2.45, 2.75) is 0 Å². The van der Waals surface area contributed by atoms with Gasteiger partial charge < -0.3 is 9.13 Å². The molecule has 0 saturated heterocycles. The van der Waals surface area contributed by atoms with Crippen LogP contribution in [0.15, 0.2) is 182 Å². The van der Waals surface area contributed by atoms with E-state index in [9.17, 15) is 0 Å². The molecule has 0 aliphatic carbocycles. The molecule has 10 rings (SSSR count). The Morgan fingerprint density at radius 2 is 1.06 bits per heavy atom. The highest BCUT2D eigenvalue weighted by molar-refractivity contribution is 6.26. The van der Waals surface area contributed by atoms with Crippen LogP contribution in [0, 0.1) is 6.57 Å². The minimum absolute atomic E-state index is 0.629. The second-order valence-electron chi connectivity index (χ2n) is 13.1. The van der Waals surface area contributed by atoms with E-state index in [0.29, 0.717) is 5.69 Å². The number of fused-ring (bicyclic) bond motifs is 7. The summed E-state index contributed by atoms with van der Waals surface area (Å²) in [5.41, 5.74) is 13.5. The Kier molecular flexibility index (Phi) is 6.84. The average Bonchev–Trinajstić information content (AvgIpc) is 3.74. The Morgan fingerprint density at radius 1 is 0.442 bits per heavy atom. The van der Waals surface area contributed by atoms with E-state index in [1.54, 1.807) is 0 Å². The molecule has 0 aliphatic rings. The lowest BCUT2D eigenvalue weighted by Crippen LogP contribution is -1.99. The van der Waals surface area contributed by atoms with Crippen LogP contribution in [-0.2, 0) is 0 Å². The fraction of sp³-hybridized carbons (Fsp3) is 0. The van der Waals surface area contributed by atoms with E-state index < -0.39 is 0 Å². The highest BCUT2D eigenvalue weighted by Gasteiger charge is 2.22. The lowest BCUT2D eigenvalue weighted by molar-refractivity contribution is 1.17. The first-order valence-corrected chi connectivity index (χ1v) is 17.4. The van der Waals surface area contributed by atoms with Crippen molar-refractivity contribution in [1.82, 2.24) is 14.1 Å². The molecule has 7 aromatic carbocycles. The summed E-state index contributed by atoms with van der Waals surface area (Å²) in [7, 11) is 0. The third kappa shape index (κ3) is 4.65. The van der Waals surface area contributed by atoms with Gasteiger partial charge in [0.05, 0.1) is 45.7 Å². The first-order valence-electron chi connectivity index (χ1n) is 17.4. The van der Waals surface area contributed by atoms with Crippen LogP contribution in [0.2, 0.25) is 0 Å². The molecule has 3 heterocycles. The lowest BCUT2D eigenvalue weighted by atomic mass is 9.99. The molecule has 3 aromatic heterocycles. The van der Waals surface area contributed by atoms with E-state index in [1.165, 1.54) is 21.5 Å². The maximum atomic E-state index is 7.50. The number of nitrogens with zero attached hydrogens (tertiary/aromatic N) is 4. The zero-order valence-corrected chi connectivity index (χ0v) is 28.1. The number of para-hydroxylation sites is 3. The number of benzene rings is 7. The summed E-state index contributed by atoms with van der Waals surface area (Å²) in [6, 6.07) is 63.8. The largest absolute Gasteiger partial charge is 0.309 e. The van der Waals surface area contributed by atoms with Gasteiger partial charge >= 0.3 is 0 Å². The molecule has 52 heavy (non-hydrogen) atoms. The standard InChI is InChI=1S/C48H30N4/c1-49-35-24-26-36(27-25-35)51-45-23-13-10-20-40(45)47-46(51)29-28-38-37-18-8-11-21-43(37)52(48(38)47)44-22-12-9-19-39(44)42-31-34(32-14-4-2-5-15-32)30-41(50-42)33-16-6-3-7-17-33/h2-31H. The molecular weight excluding hydrogens is 633 g/mol. The van der Waals surface area contributed by atoms with Crippen molar-refractivity contribution in [2.24, 2.45) is 0 Å². The third-order valence-electron chi connectivity index (χ3n) is 10.1.